The predicted octanol–water partition coefficient (Wildman–Crippen LogP) is 4.52. The van der Waals surface area contributed by atoms with E-state index in [0.29, 0.717) is 10.8 Å². The molecule has 0 aliphatic carbocycles. The minimum Gasteiger partial charge on any atom is -0.331 e. The van der Waals surface area contributed by atoms with Crippen molar-refractivity contribution < 1.29 is 4.79 Å². The number of thioether (sulfide) groups is 1. The number of carbonyl (C=O) groups is 1. The van der Waals surface area contributed by atoms with Crippen molar-refractivity contribution >= 4 is 66.4 Å². The maximum Gasteiger partial charge on any atom is 0.234 e. The molecule has 1 aromatic carbocycles. The third-order valence-corrected chi connectivity index (χ3v) is 4.98. The van der Waals surface area contributed by atoms with E-state index in [0.717, 1.165) is 25.7 Å². The Kier molecular flexibility index (Phi) is 5.03. The molecule has 0 spiro atoms. The van der Waals surface area contributed by atoms with Gasteiger partial charge in [-0.05, 0) is 62.5 Å². The van der Waals surface area contributed by atoms with Crippen LogP contribution in [0.25, 0.3) is 11.2 Å². The van der Waals surface area contributed by atoms with Gasteiger partial charge in [0.25, 0.3) is 0 Å². The fourth-order valence-electron chi connectivity index (χ4n) is 1.96. The van der Waals surface area contributed by atoms with Crippen LogP contribution in [0.1, 0.15) is 5.56 Å². The average molecular weight is 456 g/mol. The van der Waals surface area contributed by atoms with Crippen molar-refractivity contribution in [2.24, 2.45) is 0 Å². The molecule has 3 aromatic rings. The molecule has 23 heavy (non-hydrogen) atoms. The molecule has 0 aliphatic rings. The lowest BCUT2D eigenvalue weighted by molar-refractivity contribution is -0.113. The lowest BCUT2D eigenvalue weighted by Crippen LogP contribution is -2.14. The van der Waals surface area contributed by atoms with Gasteiger partial charge in [0.2, 0.25) is 5.91 Å². The zero-order valence-electron chi connectivity index (χ0n) is 12.1. The predicted molar refractivity (Wildman–Crippen MR) is 99.8 cm³/mol. The molecule has 3 rings (SSSR count). The molecule has 118 valence electrons. The summed E-state index contributed by atoms with van der Waals surface area (Å²) < 4.78 is 1.75. The monoisotopic (exact) mass is 454 g/mol. The molecule has 2 heterocycles. The van der Waals surface area contributed by atoms with E-state index in [1.54, 1.807) is 6.20 Å². The Morgan fingerprint density at radius 1 is 1.35 bits per heavy atom. The first-order valence-corrected chi connectivity index (χ1v) is 9.28. The number of aryl methyl sites for hydroxylation is 1. The van der Waals surface area contributed by atoms with Crippen LogP contribution in [-0.4, -0.2) is 26.6 Å². The molecular weight excluding hydrogens is 444 g/mol. The van der Waals surface area contributed by atoms with Gasteiger partial charge >= 0.3 is 0 Å². The maximum absolute atomic E-state index is 12.1. The van der Waals surface area contributed by atoms with Gasteiger partial charge in [-0.15, -0.1) is 0 Å². The van der Waals surface area contributed by atoms with Gasteiger partial charge in [-0.1, -0.05) is 17.8 Å². The van der Waals surface area contributed by atoms with Crippen LogP contribution in [0.3, 0.4) is 0 Å². The Labute approximate surface area is 153 Å². The highest BCUT2D eigenvalue weighted by Gasteiger charge is 2.10. The van der Waals surface area contributed by atoms with Crippen LogP contribution in [0.2, 0.25) is 0 Å². The van der Waals surface area contributed by atoms with Crippen molar-refractivity contribution in [2.75, 3.05) is 11.1 Å². The second-order valence-electron chi connectivity index (χ2n) is 4.89. The van der Waals surface area contributed by atoms with Gasteiger partial charge < -0.3 is 10.3 Å². The van der Waals surface area contributed by atoms with E-state index in [2.05, 4.69) is 52.1 Å². The Balaban J connectivity index is 1.63. The number of aromatic nitrogens is 3. The SMILES string of the molecule is Cc1ccc(NC(=O)CSc2nc3ncc(Br)cc3[nH]2)c(Br)c1. The lowest BCUT2D eigenvalue weighted by atomic mass is 10.2. The molecule has 0 saturated heterocycles. The summed E-state index contributed by atoms with van der Waals surface area (Å²) in [6.07, 6.45) is 1.69. The van der Waals surface area contributed by atoms with Gasteiger partial charge in [-0.2, -0.15) is 0 Å². The fourth-order valence-corrected chi connectivity index (χ4v) is 3.56. The zero-order chi connectivity index (χ0) is 16.4. The molecule has 0 saturated carbocycles. The van der Waals surface area contributed by atoms with Crippen molar-refractivity contribution in [2.45, 2.75) is 12.1 Å². The van der Waals surface area contributed by atoms with Crippen LogP contribution in [0, 0.1) is 6.92 Å². The number of aromatic amines is 1. The van der Waals surface area contributed by atoms with Crippen molar-refractivity contribution in [1.82, 2.24) is 15.0 Å². The summed E-state index contributed by atoms with van der Waals surface area (Å²) >= 11 is 8.16. The van der Waals surface area contributed by atoms with E-state index < -0.39 is 0 Å². The zero-order valence-corrected chi connectivity index (χ0v) is 16.0. The summed E-state index contributed by atoms with van der Waals surface area (Å²) in [6, 6.07) is 7.70. The molecule has 2 aromatic heterocycles. The second-order valence-corrected chi connectivity index (χ2v) is 7.62. The van der Waals surface area contributed by atoms with Gasteiger partial charge in [0.05, 0.1) is 17.0 Å². The van der Waals surface area contributed by atoms with E-state index in [1.807, 2.05) is 31.2 Å². The highest BCUT2D eigenvalue weighted by atomic mass is 79.9. The topological polar surface area (TPSA) is 70.7 Å². The number of rotatable bonds is 4. The molecule has 0 fully saturated rings. The summed E-state index contributed by atoms with van der Waals surface area (Å²) in [5, 5.41) is 3.55. The quantitative estimate of drug-likeness (QED) is 0.567. The van der Waals surface area contributed by atoms with Crippen molar-refractivity contribution in [3.05, 3.63) is 45.0 Å². The number of nitrogens with zero attached hydrogens (tertiary/aromatic N) is 2. The number of benzene rings is 1. The normalized spacial score (nSPS) is 10.9. The van der Waals surface area contributed by atoms with Crippen LogP contribution >= 0.6 is 43.6 Å². The third-order valence-electron chi connectivity index (χ3n) is 3.02. The molecule has 5 nitrogen and oxygen atoms in total. The average Bonchev–Trinajstić information content (AvgIpc) is 2.90. The van der Waals surface area contributed by atoms with E-state index in [4.69, 9.17) is 0 Å². The van der Waals surface area contributed by atoms with Crippen LogP contribution in [0.15, 0.2) is 44.6 Å². The fraction of sp³-hybridized carbons (Fsp3) is 0.133. The van der Waals surface area contributed by atoms with Gasteiger partial charge in [0.1, 0.15) is 0 Å². The number of imidazole rings is 1. The Hall–Kier alpha value is -1.38. The van der Waals surface area contributed by atoms with Crippen molar-refractivity contribution in [1.29, 1.82) is 0 Å². The molecule has 1 amide bonds. The van der Waals surface area contributed by atoms with Crippen LogP contribution in [0.5, 0.6) is 0 Å². The first-order chi connectivity index (χ1) is 11.0. The van der Waals surface area contributed by atoms with Crippen LogP contribution in [0.4, 0.5) is 5.69 Å². The Morgan fingerprint density at radius 3 is 2.96 bits per heavy atom. The molecule has 8 heteroatoms. The number of hydrogen-bond donors (Lipinski definition) is 2. The standard InChI is InChI=1S/C15H12Br2N4OS/c1-8-2-3-11(10(17)4-8)19-13(22)7-23-15-20-12-5-9(16)6-18-14(12)21-15/h2-6H,7H2,1H3,(H,19,22)(H,18,20,21). The molecule has 0 atom stereocenters. The maximum atomic E-state index is 12.1. The molecule has 0 bridgehead atoms. The smallest absolute Gasteiger partial charge is 0.234 e. The summed E-state index contributed by atoms with van der Waals surface area (Å²) in [5.74, 6) is 0.176. The van der Waals surface area contributed by atoms with Crippen LogP contribution < -0.4 is 5.32 Å². The summed E-state index contributed by atoms with van der Waals surface area (Å²) in [7, 11) is 0. The number of carbonyl (C=O) groups excluding carboxylic acids is 1. The van der Waals surface area contributed by atoms with Gasteiger partial charge in [-0.25, -0.2) is 9.97 Å². The molecule has 0 radical (unpaired) electrons. The summed E-state index contributed by atoms with van der Waals surface area (Å²) in [5.41, 5.74) is 3.36. The van der Waals surface area contributed by atoms with Gasteiger partial charge in [-0.3, -0.25) is 4.79 Å². The van der Waals surface area contributed by atoms with E-state index in [-0.39, 0.29) is 11.7 Å². The first kappa shape index (κ1) is 16.5. The number of halogens is 2. The largest absolute Gasteiger partial charge is 0.331 e. The number of hydrogen-bond acceptors (Lipinski definition) is 4. The molecular formula is C15H12Br2N4OS. The number of fused-ring (bicyclic) bond motifs is 1. The Morgan fingerprint density at radius 2 is 2.17 bits per heavy atom. The molecule has 0 unspecified atom stereocenters. The minimum atomic E-state index is -0.0888. The number of pyridine rings is 1. The second kappa shape index (κ2) is 7.02. The number of nitrogens with one attached hydrogen (secondary N) is 2. The third kappa shape index (κ3) is 4.13. The first-order valence-electron chi connectivity index (χ1n) is 6.71. The van der Waals surface area contributed by atoms with Crippen molar-refractivity contribution in [3.8, 4) is 0 Å². The van der Waals surface area contributed by atoms with Crippen LogP contribution in [-0.2, 0) is 4.79 Å². The molecule has 0 aliphatic heterocycles. The highest BCUT2D eigenvalue weighted by molar-refractivity contribution is 9.10. The molecule has 2 N–H and O–H groups in total. The highest BCUT2D eigenvalue weighted by Crippen LogP contribution is 2.24. The van der Waals surface area contributed by atoms with Gasteiger partial charge in [0, 0.05) is 15.1 Å². The Bertz CT molecular complexity index is 881. The van der Waals surface area contributed by atoms with Gasteiger partial charge in [0.15, 0.2) is 10.8 Å². The number of anilines is 1. The number of amides is 1. The minimum absolute atomic E-state index is 0.0888. The van der Waals surface area contributed by atoms with E-state index in [1.165, 1.54) is 11.8 Å². The van der Waals surface area contributed by atoms with E-state index >= 15 is 0 Å². The van der Waals surface area contributed by atoms with E-state index in [9.17, 15) is 4.79 Å². The summed E-state index contributed by atoms with van der Waals surface area (Å²) in [6.45, 7) is 2.00. The lowest BCUT2D eigenvalue weighted by Gasteiger charge is -2.07. The van der Waals surface area contributed by atoms with Crippen molar-refractivity contribution in [3.63, 3.8) is 0 Å². The summed E-state index contributed by atoms with van der Waals surface area (Å²) in [4.78, 5) is 23.8. The number of H-pyrrole nitrogens is 1.